The first-order valence-electron chi connectivity index (χ1n) is 4.21. The van der Waals surface area contributed by atoms with Crippen molar-refractivity contribution in [3.05, 3.63) is 24.2 Å². The molecule has 1 aromatic rings. The van der Waals surface area contributed by atoms with Gasteiger partial charge >= 0.3 is 0 Å². The highest BCUT2D eigenvalue weighted by atomic mass is 16.5. The van der Waals surface area contributed by atoms with Gasteiger partial charge in [-0.2, -0.15) is 0 Å². The Hall–Kier alpha value is -0.800. The van der Waals surface area contributed by atoms with Gasteiger partial charge in [-0.15, -0.1) is 0 Å². The summed E-state index contributed by atoms with van der Waals surface area (Å²) >= 11 is 0. The third-order valence-electron chi connectivity index (χ3n) is 2.15. The van der Waals surface area contributed by atoms with Crippen LogP contribution in [-0.4, -0.2) is 17.8 Å². The number of hydrogen-bond donors (Lipinski definition) is 1. The van der Waals surface area contributed by atoms with Gasteiger partial charge in [-0.25, -0.2) is 0 Å². The highest BCUT2D eigenvalue weighted by molar-refractivity contribution is 5.04. The van der Waals surface area contributed by atoms with Gasteiger partial charge in [-0.3, -0.25) is 0 Å². The second-order valence-electron chi connectivity index (χ2n) is 3.01. The lowest BCUT2D eigenvalue weighted by molar-refractivity contribution is -0.0131. The summed E-state index contributed by atoms with van der Waals surface area (Å²) < 4.78 is 10.4. The fourth-order valence-corrected chi connectivity index (χ4v) is 1.49. The summed E-state index contributed by atoms with van der Waals surface area (Å²) in [6.45, 7) is 0.752. The van der Waals surface area contributed by atoms with Gasteiger partial charge in [0.25, 0.3) is 0 Å². The lowest BCUT2D eigenvalue weighted by Crippen LogP contribution is -2.16. The molecule has 2 atom stereocenters. The minimum Gasteiger partial charge on any atom is -0.466 e. The fourth-order valence-electron chi connectivity index (χ4n) is 1.49. The Morgan fingerprint density at radius 2 is 2.50 bits per heavy atom. The molecule has 0 amide bonds. The van der Waals surface area contributed by atoms with E-state index >= 15 is 0 Å². The van der Waals surface area contributed by atoms with Crippen molar-refractivity contribution in [1.82, 2.24) is 0 Å². The van der Waals surface area contributed by atoms with E-state index in [0.717, 1.165) is 19.4 Å². The summed E-state index contributed by atoms with van der Waals surface area (Å²) in [4.78, 5) is 0. The van der Waals surface area contributed by atoms with Crippen molar-refractivity contribution >= 4 is 0 Å². The minimum atomic E-state index is -0.595. The molecule has 3 nitrogen and oxygen atoms in total. The molecule has 1 N–H and O–H groups in total. The zero-order valence-electron chi connectivity index (χ0n) is 6.77. The van der Waals surface area contributed by atoms with Crippen molar-refractivity contribution in [3.63, 3.8) is 0 Å². The molecular weight excluding hydrogens is 156 g/mol. The molecule has 66 valence electrons. The van der Waals surface area contributed by atoms with E-state index in [0.29, 0.717) is 5.76 Å². The van der Waals surface area contributed by atoms with Crippen LogP contribution in [0.2, 0.25) is 0 Å². The van der Waals surface area contributed by atoms with Gasteiger partial charge in [-0.05, 0) is 25.0 Å². The number of ether oxygens (including phenoxy) is 1. The van der Waals surface area contributed by atoms with Gasteiger partial charge in [0.05, 0.1) is 12.4 Å². The molecular formula is C9H12O3. The van der Waals surface area contributed by atoms with Crippen LogP contribution in [0, 0.1) is 0 Å². The van der Waals surface area contributed by atoms with Crippen molar-refractivity contribution in [2.75, 3.05) is 6.61 Å². The van der Waals surface area contributed by atoms with E-state index in [1.54, 1.807) is 18.4 Å². The molecule has 2 heterocycles. The monoisotopic (exact) mass is 168 g/mol. The van der Waals surface area contributed by atoms with Crippen LogP contribution < -0.4 is 0 Å². The first-order chi connectivity index (χ1) is 5.88. The Bertz CT molecular complexity index is 224. The maximum Gasteiger partial charge on any atom is 0.138 e. The molecule has 0 bridgehead atoms. The van der Waals surface area contributed by atoms with Gasteiger partial charge < -0.3 is 14.3 Å². The number of rotatable bonds is 2. The van der Waals surface area contributed by atoms with Crippen molar-refractivity contribution < 1.29 is 14.3 Å². The van der Waals surface area contributed by atoms with E-state index in [1.165, 1.54) is 0 Å². The van der Waals surface area contributed by atoms with Crippen molar-refractivity contribution in [3.8, 4) is 0 Å². The van der Waals surface area contributed by atoms with Gasteiger partial charge in [0.15, 0.2) is 0 Å². The van der Waals surface area contributed by atoms with Crippen LogP contribution in [0.4, 0.5) is 0 Å². The number of furan rings is 1. The Morgan fingerprint density at radius 3 is 3.08 bits per heavy atom. The predicted molar refractivity (Wildman–Crippen MR) is 42.6 cm³/mol. The van der Waals surface area contributed by atoms with Crippen LogP contribution in [0.15, 0.2) is 22.8 Å². The van der Waals surface area contributed by atoms with Crippen LogP contribution in [-0.2, 0) is 4.74 Å². The molecule has 1 aromatic heterocycles. The highest BCUT2D eigenvalue weighted by Crippen LogP contribution is 2.26. The summed E-state index contributed by atoms with van der Waals surface area (Å²) in [5.41, 5.74) is 0. The lowest BCUT2D eigenvalue weighted by Gasteiger charge is -2.14. The van der Waals surface area contributed by atoms with Crippen LogP contribution in [0.25, 0.3) is 0 Å². The van der Waals surface area contributed by atoms with Gasteiger partial charge in [0.2, 0.25) is 0 Å². The maximum absolute atomic E-state index is 9.69. The average Bonchev–Trinajstić information content (AvgIpc) is 2.77. The molecule has 3 heteroatoms. The van der Waals surface area contributed by atoms with E-state index in [2.05, 4.69) is 0 Å². The summed E-state index contributed by atoms with van der Waals surface area (Å²) in [5, 5.41) is 9.69. The Kier molecular flexibility index (Phi) is 2.15. The molecule has 0 aliphatic carbocycles. The molecule has 0 spiro atoms. The van der Waals surface area contributed by atoms with Crippen LogP contribution >= 0.6 is 0 Å². The summed E-state index contributed by atoms with van der Waals surface area (Å²) in [7, 11) is 0. The molecule has 12 heavy (non-hydrogen) atoms. The molecule has 1 saturated heterocycles. The zero-order valence-corrected chi connectivity index (χ0v) is 6.77. The quantitative estimate of drug-likeness (QED) is 0.727. The summed E-state index contributed by atoms with van der Waals surface area (Å²) in [6.07, 6.45) is 2.84. The summed E-state index contributed by atoms with van der Waals surface area (Å²) in [5.74, 6) is 0.599. The van der Waals surface area contributed by atoms with E-state index < -0.39 is 6.10 Å². The van der Waals surface area contributed by atoms with E-state index in [1.807, 2.05) is 0 Å². The van der Waals surface area contributed by atoms with E-state index in [9.17, 15) is 5.11 Å². The molecule has 1 aliphatic rings. The van der Waals surface area contributed by atoms with E-state index in [4.69, 9.17) is 9.15 Å². The van der Waals surface area contributed by atoms with Crippen molar-refractivity contribution in [1.29, 1.82) is 0 Å². The Balaban J connectivity index is 2.04. The topological polar surface area (TPSA) is 42.6 Å². The molecule has 0 saturated carbocycles. The molecule has 2 rings (SSSR count). The third kappa shape index (κ3) is 1.38. The maximum atomic E-state index is 9.69. The van der Waals surface area contributed by atoms with Crippen LogP contribution in [0.3, 0.4) is 0 Å². The lowest BCUT2D eigenvalue weighted by atomic mass is 10.1. The Labute approximate surface area is 71.0 Å². The fraction of sp³-hybridized carbons (Fsp3) is 0.556. The SMILES string of the molecule is O[C@@H](c1ccco1)[C@H]1CCCO1. The number of hydrogen-bond acceptors (Lipinski definition) is 3. The van der Waals surface area contributed by atoms with Crippen molar-refractivity contribution in [2.24, 2.45) is 0 Å². The molecule has 0 unspecified atom stereocenters. The molecule has 0 aromatic carbocycles. The average molecular weight is 168 g/mol. The van der Waals surface area contributed by atoms with Gasteiger partial charge in [0, 0.05) is 6.61 Å². The number of aliphatic hydroxyl groups excluding tert-OH is 1. The van der Waals surface area contributed by atoms with Gasteiger partial charge in [-0.1, -0.05) is 0 Å². The first-order valence-corrected chi connectivity index (χ1v) is 4.21. The van der Waals surface area contributed by atoms with Gasteiger partial charge in [0.1, 0.15) is 11.9 Å². The summed E-state index contributed by atoms with van der Waals surface area (Å²) in [6, 6.07) is 3.54. The standard InChI is InChI=1S/C9H12O3/c10-9(7-3-1-5-11-7)8-4-2-6-12-8/h1,3,5,8-10H,2,4,6H2/t8-,9+/m1/s1. The molecule has 0 radical (unpaired) electrons. The van der Waals surface area contributed by atoms with Crippen LogP contribution in [0.5, 0.6) is 0 Å². The minimum absolute atomic E-state index is 0.0730. The van der Waals surface area contributed by atoms with E-state index in [-0.39, 0.29) is 6.10 Å². The third-order valence-corrected chi connectivity index (χ3v) is 2.15. The second kappa shape index (κ2) is 3.29. The normalized spacial score (nSPS) is 25.9. The van der Waals surface area contributed by atoms with Crippen LogP contribution in [0.1, 0.15) is 24.7 Å². The first kappa shape index (κ1) is 7.83. The highest BCUT2D eigenvalue weighted by Gasteiger charge is 2.26. The molecule has 1 aliphatic heterocycles. The predicted octanol–water partition coefficient (Wildman–Crippen LogP) is 1.49. The largest absolute Gasteiger partial charge is 0.466 e. The number of aliphatic hydroxyl groups is 1. The smallest absolute Gasteiger partial charge is 0.138 e. The van der Waals surface area contributed by atoms with Crippen molar-refractivity contribution in [2.45, 2.75) is 25.0 Å². The second-order valence-corrected chi connectivity index (χ2v) is 3.01. The Morgan fingerprint density at radius 1 is 1.58 bits per heavy atom. The molecule has 1 fully saturated rings. The zero-order chi connectivity index (χ0) is 8.39.